The second kappa shape index (κ2) is 8.25. The Bertz CT molecular complexity index is 325. The molecular formula is C15H30N2O3. The lowest BCUT2D eigenvalue weighted by atomic mass is 10.00. The maximum absolute atomic E-state index is 11.7. The first-order valence-electron chi connectivity index (χ1n) is 7.31. The van der Waals surface area contributed by atoms with Crippen LogP contribution in [0.15, 0.2) is 0 Å². The maximum atomic E-state index is 11.7. The summed E-state index contributed by atoms with van der Waals surface area (Å²) in [5.74, 6) is -0.296. The van der Waals surface area contributed by atoms with Crippen molar-refractivity contribution in [3.63, 3.8) is 0 Å². The van der Waals surface area contributed by atoms with E-state index >= 15 is 0 Å². The number of nitrogens with two attached hydrogens (primary N) is 1. The molecule has 5 heteroatoms. The number of hydrogen-bond acceptors (Lipinski definition) is 3. The van der Waals surface area contributed by atoms with E-state index in [9.17, 15) is 9.59 Å². The molecule has 0 aromatic heterocycles. The predicted octanol–water partition coefficient (Wildman–Crippen LogP) is 2.13. The van der Waals surface area contributed by atoms with Crippen molar-refractivity contribution in [1.29, 1.82) is 0 Å². The van der Waals surface area contributed by atoms with Crippen LogP contribution in [0.1, 0.15) is 66.7 Å². The highest BCUT2D eigenvalue weighted by Crippen LogP contribution is 2.17. The smallest absolute Gasteiger partial charge is 0.220 e. The van der Waals surface area contributed by atoms with Gasteiger partial charge in [-0.2, -0.15) is 0 Å². The number of primary amides is 1. The quantitative estimate of drug-likeness (QED) is 0.645. The van der Waals surface area contributed by atoms with Crippen LogP contribution in [0.4, 0.5) is 0 Å². The van der Waals surface area contributed by atoms with Crippen LogP contribution in [0.25, 0.3) is 0 Å². The first-order valence-corrected chi connectivity index (χ1v) is 7.31. The molecule has 0 fully saturated rings. The van der Waals surface area contributed by atoms with Crippen molar-refractivity contribution in [3.05, 3.63) is 0 Å². The van der Waals surface area contributed by atoms with Crippen molar-refractivity contribution in [3.8, 4) is 0 Å². The minimum Gasteiger partial charge on any atom is -0.375 e. The summed E-state index contributed by atoms with van der Waals surface area (Å²) in [5.41, 5.74) is 4.30. The largest absolute Gasteiger partial charge is 0.375 e. The lowest BCUT2D eigenvalue weighted by molar-refractivity contribution is -0.124. The van der Waals surface area contributed by atoms with Crippen LogP contribution >= 0.6 is 0 Å². The molecule has 0 rings (SSSR count). The van der Waals surface area contributed by atoms with E-state index in [1.165, 1.54) is 0 Å². The van der Waals surface area contributed by atoms with Gasteiger partial charge in [-0.1, -0.05) is 13.3 Å². The zero-order chi connectivity index (χ0) is 15.8. The van der Waals surface area contributed by atoms with Crippen LogP contribution in [-0.2, 0) is 14.3 Å². The lowest BCUT2D eigenvalue weighted by Crippen LogP contribution is -2.44. The molecule has 0 atom stereocenters. The van der Waals surface area contributed by atoms with Crippen LogP contribution in [0.2, 0.25) is 0 Å². The molecule has 0 heterocycles. The number of unbranched alkanes of at least 4 members (excludes halogenated alkanes) is 1. The van der Waals surface area contributed by atoms with Gasteiger partial charge in [-0.15, -0.1) is 0 Å². The standard InChI is InChI=1S/C15H30N2O3/c1-6-7-8-13(19)17-14(2,3)9-10-20-15(4,5)11-12(16)18/h6-11H2,1-5H3,(H2,16,18)(H,17,19). The van der Waals surface area contributed by atoms with Gasteiger partial charge in [0.15, 0.2) is 0 Å². The van der Waals surface area contributed by atoms with Gasteiger partial charge >= 0.3 is 0 Å². The van der Waals surface area contributed by atoms with Crippen LogP contribution in [-0.4, -0.2) is 29.6 Å². The third-order valence-corrected chi connectivity index (χ3v) is 3.06. The van der Waals surface area contributed by atoms with Crippen LogP contribution < -0.4 is 11.1 Å². The molecule has 2 amide bonds. The molecule has 0 saturated heterocycles. The van der Waals surface area contributed by atoms with E-state index in [4.69, 9.17) is 10.5 Å². The molecule has 0 aromatic carbocycles. The average Bonchev–Trinajstić information content (AvgIpc) is 2.22. The summed E-state index contributed by atoms with van der Waals surface area (Å²) >= 11 is 0. The normalized spacial score (nSPS) is 12.2. The van der Waals surface area contributed by atoms with E-state index in [1.807, 2.05) is 27.7 Å². The van der Waals surface area contributed by atoms with Gasteiger partial charge in [0.25, 0.3) is 0 Å². The van der Waals surface area contributed by atoms with E-state index in [1.54, 1.807) is 0 Å². The number of nitrogens with one attached hydrogen (secondary N) is 1. The Morgan fingerprint density at radius 1 is 1.20 bits per heavy atom. The Kier molecular flexibility index (Phi) is 7.79. The molecule has 0 aromatic rings. The molecule has 0 aliphatic rings. The van der Waals surface area contributed by atoms with Gasteiger partial charge in [-0.3, -0.25) is 9.59 Å². The predicted molar refractivity (Wildman–Crippen MR) is 80.2 cm³/mol. The zero-order valence-corrected chi connectivity index (χ0v) is 13.5. The van der Waals surface area contributed by atoms with Crippen molar-refractivity contribution in [2.24, 2.45) is 5.73 Å². The van der Waals surface area contributed by atoms with Gasteiger partial charge in [-0.25, -0.2) is 0 Å². The molecule has 0 bridgehead atoms. The number of amides is 2. The maximum Gasteiger partial charge on any atom is 0.220 e. The third kappa shape index (κ3) is 9.78. The molecular weight excluding hydrogens is 256 g/mol. The monoisotopic (exact) mass is 286 g/mol. The van der Waals surface area contributed by atoms with E-state index in [-0.39, 0.29) is 23.8 Å². The second-order valence-electron chi connectivity index (χ2n) is 6.54. The summed E-state index contributed by atoms with van der Waals surface area (Å²) in [6.45, 7) is 10.2. The highest BCUT2D eigenvalue weighted by molar-refractivity contribution is 5.76. The second-order valence-corrected chi connectivity index (χ2v) is 6.54. The van der Waals surface area contributed by atoms with Crippen molar-refractivity contribution < 1.29 is 14.3 Å². The molecule has 5 nitrogen and oxygen atoms in total. The Hall–Kier alpha value is -1.10. The summed E-state index contributed by atoms with van der Waals surface area (Å²) in [6, 6.07) is 0. The lowest BCUT2D eigenvalue weighted by Gasteiger charge is -2.29. The number of carbonyl (C=O) groups excluding carboxylic acids is 2. The number of hydrogen-bond donors (Lipinski definition) is 2. The Balaban J connectivity index is 4.09. The molecule has 0 aliphatic carbocycles. The minimum atomic E-state index is -0.561. The van der Waals surface area contributed by atoms with Crippen molar-refractivity contribution in [1.82, 2.24) is 5.32 Å². The first kappa shape index (κ1) is 18.9. The van der Waals surface area contributed by atoms with Crippen LogP contribution in [0.3, 0.4) is 0 Å². The Labute approximate surface area is 122 Å². The van der Waals surface area contributed by atoms with Crippen LogP contribution in [0, 0.1) is 0 Å². The fourth-order valence-corrected chi connectivity index (χ4v) is 1.89. The molecule has 20 heavy (non-hydrogen) atoms. The van der Waals surface area contributed by atoms with Crippen molar-refractivity contribution in [2.45, 2.75) is 77.9 Å². The Morgan fingerprint density at radius 2 is 1.80 bits per heavy atom. The summed E-state index contributed by atoms with van der Waals surface area (Å²) in [6.07, 6.45) is 3.36. The van der Waals surface area contributed by atoms with E-state index in [2.05, 4.69) is 12.2 Å². The van der Waals surface area contributed by atoms with Gasteiger partial charge in [0.1, 0.15) is 0 Å². The molecule has 0 unspecified atom stereocenters. The highest BCUT2D eigenvalue weighted by Gasteiger charge is 2.24. The van der Waals surface area contributed by atoms with E-state index in [0.29, 0.717) is 19.4 Å². The molecule has 3 N–H and O–H groups in total. The summed E-state index contributed by atoms with van der Waals surface area (Å²) in [5, 5.41) is 3.01. The fraction of sp³-hybridized carbons (Fsp3) is 0.867. The van der Waals surface area contributed by atoms with E-state index < -0.39 is 5.60 Å². The summed E-state index contributed by atoms with van der Waals surface area (Å²) < 4.78 is 5.69. The SMILES string of the molecule is CCCCC(=O)NC(C)(C)CCOC(C)(C)CC(N)=O. The summed E-state index contributed by atoms with van der Waals surface area (Å²) in [4.78, 5) is 22.6. The van der Waals surface area contributed by atoms with Crippen molar-refractivity contribution >= 4 is 11.8 Å². The van der Waals surface area contributed by atoms with Crippen LogP contribution in [0.5, 0.6) is 0 Å². The van der Waals surface area contributed by atoms with Gasteiger partial charge in [0, 0.05) is 18.6 Å². The third-order valence-electron chi connectivity index (χ3n) is 3.06. The van der Waals surface area contributed by atoms with Gasteiger partial charge in [0.2, 0.25) is 11.8 Å². The van der Waals surface area contributed by atoms with Gasteiger partial charge < -0.3 is 15.8 Å². The molecule has 118 valence electrons. The minimum absolute atomic E-state index is 0.0771. The topological polar surface area (TPSA) is 81.4 Å². The number of carbonyl (C=O) groups is 2. The number of ether oxygens (including phenoxy) is 1. The van der Waals surface area contributed by atoms with Crippen molar-refractivity contribution in [2.75, 3.05) is 6.61 Å². The molecule has 0 saturated carbocycles. The fourth-order valence-electron chi connectivity index (χ4n) is 1.89. The van der Waals surface area contributed by atoms with Gasteiger partial charge in [0.05, 0.1) is 12.0 Å². The highest BCUT2D eigenvalue weighted by atomic mass is 16.5. The molecule has 0 spiro atoms. The average molecular weight is 286 g/mol. The zero-order valence-electron chi connectivity index (χ0n) is 13.5. The number of rotatable bonds is 10. The molecule has 0 aliphatic heterocycles. The summed E-state index contributed by atoms with van der Waals surface area (Å²) in [7, 11) is 0. The first-order chi connectivity index (χ1) is 9.08. The molecule has 0 radical (unpaired) electrons. The van der Waals surface area contributed by atoms with Gasteiger partial charge in [-0.05, 0) is 40.5 Å². The Morgan fingerprint density at radius 3 is 2.30 bits per heavy atom. The van der Waals surface area contributed by atoms with E-state index in [0.717, 1.165) is 12.8 Å².